The van der Waals surface area contributed by atoms with E-state index in [2.05, 4.69) is 37.0 Å². The van der Waals surface area contributed by atoms with Crippen molar-refractivity contribution in [3.63, 3.8) is 0 Å². The number of nitrogens with zero attached hydrogens (tertiary/aromatic N) is 1. The van der Waals surface area contributed by atoms with Crippen molar-refractivity contribution in [1.29, 1.82) is 0 Å². The van der Waals surface area contributed by atoms with Gasteiger partial charge in [-0.1, -0.05) is 0 Å². The van der Waals surface area contributed by atoms with Crippen LogP contribution in [0, 0.1) is 18.6 Å². The van der Waals surface area contributed by atoms with Gasteiger partial charge in [-0.05, 0) is 0 Å². The Hall–Kier alpha value is -1.20. The second kappa shape index (κ2) is 8.26. The predicted octanol–water partition coefficient (Wildman–Crippen LogP) is 2.30. The quantitative estimate of drug-likeness (QED) is 0.586. The molecule has 0 unspecified atom stereocenters. The Balaban J connectivity index is 2.63. The molecule has 0 aliphatic carbocycles. The van der Waals surface area contributed by atoms with Gasteiger partial charge in [0.05, 0.1) is 0 Å². The summed E-state index contributed by atoms with van der Waals surface area (Å²) in [5.74, 6) is 0.125. The summed E-state index contributed by atoms with van der Waals surface area (Å²) in [5.41, 5.74) is 3.20. The van der Waals surface area contributed by atoms with Crippen molar-refractivity contribution in [2.24, 2.45) is 0 Å². The minimum atomic E-state index is -0.0796. The molecule has 1 heterocycles. The van der Waals surface area contributed by atoms with Crippen molar-refractivity contribution in [1.82, 2.24) is 9.55 Å². The summed E-state index contributed by atoms with van der Waals surface area (Å²) >= 11 is 5.37. The molecule has 0 aliphatic rings. The van der Waals surface area contributed by atoms with E-state index in [4.69, 9.17) is 17.0 Å². The second-order valence-corrected chi connectivity index (χ2v) is 8.72. The average molecular weight is 411 g/mol. The summed E-state index contributed by atoms with van der Waals surface area (Å²) in [6.45, 7) is 11.2. The predicted molar refractivity (Wildman–Crippen MR) is 103 cm³/mol. The average Bonchev–Trinajstić information content (AvgIpc) is 2.45. The van der Waals surface area contributed by atoms with E-state index in [1.807, 2.05) is 25.3 Å². The second-order valence-electron chi connectivity index (χ2n) is 6.11. The van der Waals surface area contributed by atoms with Crippen molar-refractivity contribution in [2.45, 2.75) is 47.3 Å². The summed E-state index contributed by atoms with van der Waals surface area (Å²) in [7, 11) is 0. The first-order valence-corrected chi connectivity index (χ1v) is 10.2. The third-order valence-electron chi connectivity index (χ3n) is 3.60. The first kappa shape index (κ1) is 19.1. The minimum absolute atomic E-state index is 0.0185. The van der Waals surface area contributed by atoms with Gasteiger partial charge in [-0.2, -0.15) is 0 Å². The SMILES string of the molecule is CCOCn1c([Se]c2cc(C)cc(C)c2)c(C(C)C)c(=O)[nH]c1=S. The molecule has 24 heavy (non-hydrogen) atoms. The maximum atomic E-state index is 12.5. The van der Waals surface area contributed by atoms with Gasteiger partial charge in [-0.15, -0.1) is 0 Å². The third-order valence-corrected chi connectivity index (χ3v) is 6.24. The number of H-pyrrole nitrogens is 1. The van der Waals surface area contributed by atoms with Gasteiger partial charge in [-0.3, -0.25) is 0 Å². The van der Waals surface area contributed by atoms with Crippen LogP contribution in [0.2, 0.25) is 0 Å². The molecule has 0 radical (unpaired) electrons. The molecule has 2 aromatic rings. The van der Waals surface area contributed by atoms with E-state index in [9.17, 15) is 4.79 Å². The number of rotatable bonds is 6. The molecule has 1 aromatic carbocycles. The molecule has 0 fully saturated rings. The fourth-order valence-electron chi connectivity index (χ4n) is 2.59. The molecule has 1 N–H and O–H groups in total. The molecule has 0 saturated heterocycles. The van der Waals surface area contributed by atoms with Crippen LogP contribution >= 0.6 is 12.2 Å². The van der Waals surface area contributed by atoms with Gasteiger partial charge in [0.25, 0.3) is 0 Å². The van der Waals surface area contributed by atoms with Gasteiger partial charge in [-0.25, -0.2) is 0 Å². The van der Waals surface area contributed by atoms with E-state index < -0.39 is 0 Å². The fourth-order valence-corrected chi connectivity index (χ4v) is 5.91. The van der Waals surface area contributed by atoms with Gasteiger partial charge in [0, 0.05) is 0 Å². The molecule has 0 amide bonds. The molecule has 1 aromatic heterocycles. The zero-order valence-corrected chi connectivity index (χ0v) is 17.3. The van der Waals surface area contributed by atoms with Crippen LogP contribution in [0.1, 0.15) is 43.4 Å². The van der Waals surface area contributed by atoms with Crippen LogP contribution in [0.3, 0.4) is 0 Å². The normalized spacial score (nSPS) is 11.2. The Morgan fingerprint density at radius 1 is 1.25 bits per heavy atom. The van der Waals surface area contributed by atoms with Gasteiger partial charge < -0.3 is 0 Å². The van der Waals surface area contributed by atoms with Crippen LogP contribution in [-0.4, -0.2) is 31.1 Å². The van der Waals surface area contributed by atoms with Crippen molar-refractivity contribution in [2.75, 3.05) is 6.61 Å². The Morgan fingerprint density at radius 2 is 1.88 bits per heavy atom. The molecule has 130 valence electrons. The number of nitrogens with one attached hydrogen (secondary N) is 1. The van der Waals surface area contributed by atoms with E-state index >= 15 is 0 Å². The van der Waals surface area contributed by atoms with Crippen molar-refractivity contribution >= 4 is 36.2 Å². The summed E-state index contributed by atoms with van der Waals surface area (Å²) < 4.78 is 10.2. The standard InChI is InChI=1S/C18H24N2O2SSe/c1-6-22-10-20-17(15(11(2)3)16(21)19-18(20)23)24-14-8-12(4)7-13(5)9-14/h7-9,11H,6,10H2,1-5H3,(H,19,21,23). The first-order chi connectivity index (χ1) is 11.3. The summed E-state index contributed by atoms with van der Waals surface area (Å²) in [6, 6.07) is 6.53. The first-order valence-electron chi connectivity index (χ1n) is 8.04. The van der Waals surface area contributed by atoms with E-state index in [-0.39, 0.29) is 26.4 Å². The summed E-state index contributed by atoms with van der Waals surface area (Å²) in [4.78, 5) is 15.3. The number of hydrogen-bond donors (Lipinski definition) is 1. The van der Waals surface area contributed by atoms with E-state index in [0.717, 1.165) is 10.2 Å². The molecule has 0 saturated carbocycles. The van der Waals surface area contributed by atoms with Gasteiger partial charge in [0.1, 0.15) is 0 Å². The zero-order valence-electron chi connectivity index (χ0n) is 14.8. The number of benzene rings is 1. The molecule has 0 spiro atoms. The molecule has 0 bridgehead atoms. The molecular weight excluding hydrogens is 387 g/mol. The van der Waals surface area contributed by atoms with Gasteiger partial charge in [0.2, 0.25) is 0 Å². The van der Waals surface area contributed by atoms with E-state index in [1.54, 1.807) is 0 Å². The summed E-state index contributed by atoms with van der Waals surface area (Å²) in [5, 5.41) is 0. The van der Waals surface area contributed by atoms with Crippen molar-refractivity contribution in [3.8, 4) is 0 Å². The van der Waals surface area contributed by atoms with Crippen LogP contribution in [-0.2, 0) is 11.5 Å². The number of aromatic amines is 1. The Labute approximate surface area is 154 Å². The van der Waals surface area contributed by atoms with Gasteiger partial charge in [0.15, 0.2) is 0 Å². The number of hydrogen-bond acceptors (Lipinski definition) is 3. The zero-order chi connectivity index (χ0) is 17.9. The molecular formula is C18H24N2O2SSe. The molecule has 4 nitrogen and oxygen atoms in total. The van der Waals surface area contributed by atoms with Crippen LogP contribution in [0.25, 0.3) is 0 Å². The molecule has 0 atom stereocenters. The van der Waals surface area contributed by atoms with E-state index in [0.29, 0.717) is 18.1 Å². The van der Waals surface area contributed by atoms with E-state index in [1.165, 1.54) is 15.6 Å². The van der Waals surface area contributed by atoms with Crippen LogP contribution < -0.4 is 14.6 Å². The Kier molecular flexibility index (Phi) is 6.58. The number of aryl methyl sites for hydroxylation is 2. The maximum absolute atomic E-state index is 12.5. The van der Waals surface area contributed by atoms with Crippen LogP contribution in [0.5, 0.6) is 0 Å². The fraction of sp³-hybridized carbons (Fsp3) is 0.444. The Morgan fingerprint density at radius 3 is 2.42 bits per heavy atom. The van der Waals surface area contributed by atoms with Crippen LogP contribution in [0.15, 0.2) is 23.0 Å². The molecule has 0 aliphatic heterocycles. The van der Waals surface area contributed by atoms with Crippen molar-refractivity contribution < 1.29 is 4.74 Å². The molecule has 2 rings (SSSR count). The third kappa shape index (κ3) is 4.45. The monoisotopic (exact) mass is 412 g/mol. The Bertz CT molecular complexity index is 820. The number of aromatic nitrogens is 2. The van der Waals surface area contributed by atoms with Crippen LogP contribution in [0.4, 0.5) is 0 Å². The van der Waals surface area contributed by atoms with Crippen molar-refractivity contribution in [3.05, 3.63) is 50.0 Å². The number of ether oxygens (including phenoxy) is 1. The summed E-state index contributed by atoms with van der Waals surface area (Å²) in [6.07, 6.45) is 0. The topological polar surface area (TPSA) is 47.0 Å². The van der Waals surface area contributed by atoms with Gasteiger partial charge >= 0.3 is 154 Å². The molecule has 6 heteroatoms.